The Balaban J connectivity index is 2.00. The fourth-order valence-corrected chi connectivity index (χ4v) is 1.66. The molecule has 0 aliphatic carbocycles. The maximum absolute atomic E-state index is 13.5. The van der Waals surface area contributed by atoms with E-state index in [2.05, 4.69) is 10.4 Å². The molecular formula is C13H14F2N4O. The normalized spacial score (nSPS) is 10.4. The van der Waals surface area contributed by atoms with Crippen molar-refractivity contribution in [3.8, 4) is 0 Å². The third kappa shape index (κ3) is 3.31. The van der Waals surface area contributed by atoms with E-state index in [9.17, 15) is 13.6 Å². The minimum Gasteiger partial charge on any atom is -0.323 e. The number of carbonyl (C=O) groups is 1. The van der Waals surface area contributed by atoms with E-state index < -0.39 is 17.7 Å². The summed E-state index contributed by atoms with van der Waals surface area (Å²) >= 11 is 0. The number of anilines is 1. The zero-order valence-corrected chi connectivity index (χ0v) is 11.1. The van der Waals surface area contributed by atoms with Gasteiger partial charge in [0.1, 0.15) is 11.6 Å². The van der Waals surface area contributed by atoms with Gasteiger partial charge in [-0.15, -0.1) is 0 Å². The molecule has 0 bridgehead atoms. The van der Waals surface area contributed by atoms with Crippen LogP contribution in [0.2, 0.25) is 0 Å². The number of hydrogen-bond acceptors (Lipinski definition) is 2. The lowest BCUT2D eigenvalue weighted by Gasteiger charge is -2.17. The van der Waals surface area contributed by atoms with E-state index in [1.165, 1.54) is 18.0 Å². The SMILES string of the molecule is CN(Cc1ccc(F)cc1F)C(=O)Nc1ccn(C)n1. The summed E-state index contributed by atoms with van der Waals surface area (Å²) in [5, 5.41) is 6.58. The Labute approximate surface area is 114 Å². The molecule has 2 amide bonds. The van der Waals surface area contributed by atoms with Gasteiger partial charge in [-0.2, -0.15) is 5.10 Å². The molecule has 0 unspecified atom stereocenters. The first-order chi connectivity index (χ1) is 9.45. The van der Waals surface area contributed by atoms with Crippen LogP contribution >= 0.6 is 0 Å². The lowest BCUT2D eigenvalue weighted by molar-refractivity contribution is 0.220. The molecule has 7 heteroatoms. The Morgan fingerprint density at radius 1 is 1.40 bits per heavy atom. The van der Waals surface area contributed by atoms with E-state index in [4.69, 9.17) is 0 Å². The average Bonchev–Trinajstić information content (AvgIpc) is 2.78. The molecule has 1 aromatic carbocycles. The number of rotatable bonds is 3. The number of aromatic nitrogens is 2. The highest BCUT2D eigenvalue weighted by atomic mass is 19.1. The predicted molar refractivity (Wildman–Crippen MR) is 70.1 cm³/mol. The summed E-state index contributed by atoms with van der Waals surface area (Å²) in [4.78, 5) is 13.2. The zero-order valence-electron chi connectivity index (χ0n) is 11.1. The second kappa shape index (κ2) is 5.68. The van der Waals surface area contributed by atoms with Crippen molar-refractivity contribution in [2.45, 2.75) is 6.54 Å². The van der Waals surface area contributed by atoms with Crippen molar-refractivity contribution in [2.24, 2.45) is 7.05 Å². The van der Waals surface area contributed by atoms with E-state index in [1.807, 2.05) is 0 Å². The molecule has 5 nitrogen and oxygen atoms in total. The van der Waals surface area contributed by atoms with Gasteiger partial charge < -0.3 is 4.90 Å². The van der Waals surface area contributed by atoms with Crippen molar-refractivity contribution in [3.05, 3.63) is 47.7 Å². The highest BCUT2D eigenvalue weighted by molar-refractivity contribution is 5.87. The van der Waals surface area contributed by atoms with E-state index in [0.717, 1.165) is 12.1 Å². The number of benzene rings is 1. The number of urea groups is 1. The third-order valence-corrected chi connectivity index (χ3v) is 2.72. The first kappa shape index (κ1) is 14.0. The van der Waals surface area contributed by atoms with Crippen LogP contribution in [0.3, 0.4) is 0 Å². The second-order valence-corrected chi connectivity index (χ2v) is 4.40. The predicted octanol–water partition coefficient (Wildman–Crippen LogP) is 2.36. The largest absolute Gasteiger partial charge is 0.323 e. The molecule has 2 rings (SSSR count). The summed E-state index contributed by atoms with van der Waals surface area (Å²) in [6.07, 6.45) is 1.69. The molecule has 0 fully saturated rings. The van der Waals surface area contributed by atoms with Gasteiger partial charge in [-0.3, -0.25) is 10.00 Å². The van der Waals surface area contributed by atoms with Crippen LogP contribution in [0.4, 0.5) is 19.4 Å². The third-order valence-electron chi connectivity index (χ3n) is 2.72. The van der Waals surface area contributed by atoms with E-state index in [-0.39, 0.29) is 12.1 Å². The van der Waals surface area contributed by atoms with Crippen molar-refractivity contribution in [1.82, 2.24) is 14.7 Å². The molecule has 0 saturated carbocycles. The van der Waals surface area contributed by atoms with Gasteiger partial charge in [-0.1, -0.05) is 6.07 Å². The lowest BCUT2D eigenvalue weighted by atomic mass is 10.2. The molecule has 0 atom stereocenters. The molecule has 1 heterocycles. The molecule has 1 aromatic heterocycles. The highest BCUT2D eigenvalue weighted by Crippen LogP contribution is 2.12. The molecular weight excluding hydrogens is 266 g/mol. The molecule has 106 valence electrons. The summed E-state index contributed by atoms with van der Waals surface area (Å²) in [5.74, 6) is -0.918. The Morgan fingerprint density at radius 3 is 2.75 bits per heavy atom. The maximum Gasteiger partial charge on any atom is 0.323 e. The Kier molecular flexibility index (Phi) is 3.97. The van der Waals surface area contributed by atoms with Gasteiger partial charge in [0.15, 0.2) is 5.82 Å². The molecule has 0 radical (unpaired) electrons. The van der Waals surface area contributed by atoms with Gasteiger partial charge in [0, 0.05) is 44.5 Å². The molecule has 2 aromatic rings. The second-order valence-electron chi connectivity index (χ2n) is 4.40. The standard InChI is InChI=1S/C13H14F2N4O/c1-18(8-9-3-4-10(14)7-11(9)15)13(20)16-12-5-6-19(2)17-12/h3-7H,8H2,1-2H3,(H,16,17,20). The van der Waals surface area contributed by atoms with Crippen LogP contribution in [-0.4, -0.2) is 27.8 Å². The van der Waals surface area contributed by atoms with E-state index in [1.54, 1.807) is 24.0 Å². The smallest absolute Gasteiger partial charge is 0.323 e. The number of carbonyl (C=O) groups excluding carboxylic acids is 1. The van der Waals surface area contributed by atoms with Crippen LogP contribution in [0.15, 0.2) is 30.5 Å². The van der Waals surface area contributed by atoms with Crippen LogP contribution in [0.25, 0.3) is 0 Å². The number of amides is 2. The molecule has 0 aliphatic heterocycles. The molecule has 0 saturated heterocycles. The molecule has 1 N–H and O–H groups in total. The number of hydrogen-bond donors (Lipinski definition) is 1. The van der Waals surface area contributed by atoms with Crippen molar-refractivity contribution in [3.63, 3.8) is 0 Å². The van der Waals surface area contributed by atoms with Crippen LogP contribution in [0.1, 0.15) is 5.56 Å². The van der Waals surface area contributed by atoms with E-state index >= 15 is 0 Å². The van der Waals surface area contributed by atoms with Crippen LogP contribution in [0.5, 0.6) is 0 Å². The van der Waals surface area contributed by atoms with Crippen molar-refractivity contribution >= 4 is 11.8 Å². The molecule has 20 heavy (non-hydrogen) atoms. The van der Waals surface area contributed by atoms with Crippen LogP contribution in [0, 0.1) is 11.6 Å². The fourth-order valence-electron chi connectivity index (χ4n) is 1.66. The van der Waals surface area contributed by atoms with Crippen molar-refractivity contribution < 1.29 is 13.6 Å². The number of nitrogens with zero attached hydrogens (tertiary/aromatic N) is 3. The van der Waals surface area contributed by atoms with Gasteiger partial charge in [0.2, 0.25) is 0 Å². The topological polar surface area (TPSA) is 50.2 Å². The monoisotopic (exact) mass is 280 g/mol. The van der Waals surface area contributed by atoms with Crippen LogP contribution < -0.4 is 5.32 Å². The van der Waals surface area contributed by atoms with Crippen LogP contribution in [-0.2, 0) is 13.6 Å². The molecule has 0 aliphatic rings. The summed E-state index contributed by atoms with van der Waals surface area (Å²) in [6, 6.07) is 4.48. The summed E-state index contributed by atoms with van der Waals surface area (Å²) < 4.78 is 27.8. The summed E-state index contributed by atoms with van der Waals surface area (Å²) in [7, 11) is 3.24. The summed E-state index contributed by atoms with van der Waals surface area (Å²) in [5.41, 5.74) is 0.241. The van der Waals surface area contributed by atoms with Crippen molar-refractivity contribution in [2.75, 3.05) is 12.4 Å². The first-order valence-electron chi connectivity index (χ1n) is 5.91. The number of nitrogens with one attached hydrogen (secondary N) is 1. The number of aryl methyl sites for hydroxylation is 1. The van der Waals surface area contributed by atoms with Gasteiger partial charge in [-0.05, 0) is 6.07 Å². The summed E-state index contributed by atoms with van der Waals surface area (Å²) in [6.45, 7) is 0.0325. The Bertz CT molecular complexity index is 627. The van der Waals surface area contributed by atoms with E-state index in [0.29, 0.717) is 5.82 Å². The quantitative estimate of drug-likeness (QED) is 0.938. The highest BCUT2D eigenvalue weighted by Gasteiger charge is 2.13. The fraction of sp³-hybridized carbons (Fsp3) is 0.231. The average molecular weight is 280 g/mol. The van der Waals surface area contributed by atoms with Gasteiger partial charge in [0.25, 0.3) is 0 Å². The van der Waals surface area contributed by atoms with Gasteiger partial charge >= 0.3 is 6.03 Å². The maximum atomic E-state index is 13.5. The minimum absolute atomic E-state index is 0.0325. The van der Waals surface area contributed by atoms with Crippen molar-refractivity contribution in [1.29, 1.82) is 0 Å². The Morgan fingerprint density at radius 2 is 2.15 bits per heavy atom. The molecule has 0 spiro atoms. The Hall–Kier alpha value is -2.44. The number of halogens is 2. The zero-order chi connectivity index (χ0) is 14.7. The first-order valence-corrected chi connectivity index (χ1v) is 5.91. The minimum atomic E-state index is -0.678. The van der Waals surface area contributed by atoms with Gasteiger partial charge in [0.05, 0.1) is 0 Å². The van der Waals surface area contributed by atoms with Gasteiger partial charge in [-0.25, -0.2) is 13.6 Å². The lowest BCUT2D eigenvalue weighted by Crippen LogP contribution is -2.31.